The molecule has 0 bridgehead atoms. The van der Waals surface area contributed by atoms with Crippen LogP contribution in [0.4, 0.5) is 0 Å². The van der Waals surface area contributed by atoms with Crippen LogP contribution in [0.1, 0.15) is 49.5 Å². The summed E-state index contributed by atoms with van der Waals surface area (Å²) in [6.07, 6.45) is 1.05. The summed E-state index contributed by atoms with van der Waals surface area (Å²) in [6.45, 7) is 7.50. The topological polar surface area (TPSA) is 75.6 Å². The van der Waals surface area contributed by atoms with E-state index in [0.717, 1.165) is 18.4 Å². The van der Waals surface area contributed by atoms with Crippen molar-refractivity contribution < 1.29 is 19.4 Å². The van der Waals surface area contributed by atoms with Crippen LogP contribution in [0.2, 0.25) is 0 Å². The molecule has 0 saturated heterocycles. The van der Waals surface area contributed by atoms with Crippen LogP contribution >= 0.6 is 0 Å². The van der Waals surface area contributed by atoms with E-state index in [1.807, 2.05) is 20.8 Å². The molecule has 21 heavy (non-hydrogen) atoms. The molecule has 1 unspecified atom stereocenters. The largest absolute Gasteiger partial charge is 0.481 e. The minimum absolute atomic E-state index is 0.134. The van der Waals surface area contributed by atoms with E-state index in [0.29, 0.717) is 5.75 Å². The van der Waals surface area contributed by atoms with E-state index >= 15 is 0 Å². The quantitative estimate of drug-likeness (QED) is 0.810. The van der Waals surface area contributed by atoms with Gasteiger partial charge >= 0.3 is 5.97 Å². The summed E-state index contributed by atoms with van der Waals surface area (Å²) in [4.78, 5) is 23.0. The molecular formula is C16H23NO4. The van der Waals surface area contributed by atoms with Crippen LogP contribution in [0.25, 0.3) is 0 Å². The number of hydrogen-bond donors (Lipinski definition) is 2. The van der Waals surface area contributed by atoms with Crippen molar-refractivity contribution in [1.29, 1.82) is 0 Å². The molecule has 0 heterocycles. The van der Waals surface area contributed by atoms with Crippen LogP contribution in [0.15, 0.2) is 18.2 Å². The van der Waals surface area contributed by atoms with Gasteiger partial charge in [0.2, 0.25) is 0 Å². The third-order valence-electron chi connectivity index (χ3n) is 3.44. The van der Waals surface area contributed by atoms with E-state index in [4.69, 9.17) is 9.84 Å². The van der Waals surface area contributed by atoms with Gasteiger partial charge in [0.05, 0.1) is 5.56 Å². The Morgan fingerprint density at radius 3 is 2.43 bits per heavy atom. The highest BCUT2D eigenvalue weighted by Crippen LogP contribution is 2.21. The fraction of sp³-hybridized carbons (Fsp3) is 0.500. The molecule has 0 aliphatic rings. The van der Waals surface area contributed by atoms with Crippen LogP contribution in [0.3, 0.4) is 0 Å². The lowest BCUT2D eigenvalue weighted by Gasteiger charge is -2.20. The number of carbonyl (C=O) groups excluding carboxylic acids is 1. The van der Waals surface area contributed by atoms with Gasteiger partial charge in [-0.25, -0.2) is 4.79 Å². The van der Waals surface area contributed by atoms with Gasteiger partial charge in [-0.2, -0.15) is 0 Å². The number of aryl methyl sites for hydroxylation is 1. The van der Waals surface area contributed by atoms with Crippen LogP contribution in [-0.4, -0.2) is 29.1 Å². The van der Waals surface area contributed by atoms with Crippen LogP contribution in [0, 0.1) is 6.92 Å². The molecule has 1 aromatic rings. The zero-order chi connectivity index (χ0) is 16.0. The fourth-order valence-corrected chi connectivity index (χ4v) is 1.92. The van der Waals surface area contributed by atoms with Gasteiger partial charge in [-0.15, -0.1) is 0 Å². The summed E-state index contributed by atoms with van der Waals surface area (Å²) in [5.74, 6) is -0.792. The molecule has 116 valence electrons. The summed E-state index contributed by atoms with van der Waals surface area (Å²) in [6, 6.07) is 4.76. The maximum absolute atomic E-state index is 12.1. The van der Waals surface area contributed by atoms with E-state index in [9.17, 15) is 9.59 Å². The number of ether oxygens (including phenoxy) is 1. The van der Waals surface area contributed by atoms with Crippen LogP contribution < -0.4 is 10.1 Å². The van der Waals surface area contributed by atoms with Gasteiger partial charge in [0.25, 0.3) is 5.91 Å². The number of hydrogen-bond acceptors (Lipinski definition) is 3. The standard InChI is InChI=1S/C16H23NO4/c1-5-13(6-2)17-15(18)11(4)21-14-9-12(16(19)20)8-7-10(14)3/h7-9,11,13H,5-6H2,1-4H3,(H,17,18)(H,19,20). The van der Waals surface area contributed by atoms with Crippen molar-refractivity contribution in [2.45, 2.75) is 52.7 Å². The second kappa shape index (κ2) is 7.67. The third kappa shape index (κ3) is 4.77. The predicted molar refractivity (Wildman–Crippen MR) is 80.7 cm³/mol. The molecular weight excluding hydrogens is 270 g/mol. The summed E-state index contributed by atoms with van der Waals surface area (Å²) in [5.41, 5.74) is 0.936. The zero-order valence-corrected chi connectivity index (χ0v) is 13.0. The predicted octanol–water partition coefficient (Wildman–Crippen LogP) is 2.77. The van der Waals surface area contributed by atoms with Gasteiger partial charge in [-0.05, 0) is 44.4 Å². The van der Waals surface area contributed by atoms with E-state index in [1.165, 1.54) is 12.1 Å². The van der Waals surface area contributed by atoms with Crippen LogP contribution in [0.5, 0.6) is 5.75 Å². The lowest BCUT2D eigenvalue weighted by atomic mass is 10.1. The number of carboxylic acid groups (broad SMARTS) is 1. The molecule has 0 radical (unpaired) electrons. The van der Waals surface area contributed by atoms with Gasteiger partial charge in [0, 0.05) is 6.04 Å². The Labute approximate surface area is 125 Å². The van der Waals surface area contributed by atoms with Crippen molar-refractivity contribution in [1.82, 2.24) is 5.32 Å². The molecule has 0 spiro atoms. The first-order valence-corrected chi connectivity index (χ1v) is 7.20. The van der Waals surface area contributed by atoms with Gasteiger partial charge < -0.3 is 15.2 Å². The number of aromatic carboxylic acids is 1. The van der Waals surface area contributed by atoms with Gasteiger partial charge in [0.15, 0.2) is 6.10 Å². The molecule has 2 N–H and O–H groups in total. The summed E-state index contributed by atoms with van der Waals surface area (Å²) in [5, 5.41) is 11.9. The maximum Gasteiger partial charge on any atom is 0.335 e. The molecule has 0 fully saturated rings. The molecule has 1 rings (SSSR count). The Bertz CT molecular complexity index is 509. The molecule has 1 aromatic carbocycles. The molecule has 1 amide bonds. The number of amides is 1. The van der Waals surface area contributed by atoms with E-state index in [-0.39, 0.29) is 17.5 Å². The average molecular weight is 293 g/mol. The minimum atomic E-state index is -1.02. The Kier molecular flexibility index (Phi) is 6.21. The van der Waals surface area contributed by atoms with Crippen molar-refractivity contribution >= 4 is 11.9 Å². The third-order valence-corrected chi connectivity index (χ3v) is 3.44. The van der Waals surface area contributed by atoms with Gasteiger partial charge in [0.1, 0.15) is 5.75 Å². The molecule has 5 nitrogen and oxygen atoms in total. The Morgan fingerprint density at radius 1 is 1.29 bits per heavy atom. The van der Waals surface area contributed by atoms with E-state index in [2.05, 4.69) is 5.32 Å². The minimum Gasteiger partial charge on any atom is -0.481 e. The highest BCUT2D eigenvalue weighted by atomic mass is 16.5. The number of benzene rings is 1. The Morgan fingerprint density at radius 2 is 1.90 bits per heavy atom. The fourth-order valence-electron chi connectivity index (χ4n) is 1.92. The first-order chi connectivity index (χ1) is 9.88. The van der Waals surface area contributed by atoms with E-state index < -0.39 is 12.1 Å². The average Bonchev–Trinajstić information content (AvgIpc) is 2.46. The van der Waals surface area contributed by atoms with Gasteiger partial charge in [-0.1, -0.05) is 19.9 Å². The summed E-state index contributed by atoms with van der Waals surface area (Å²) in [7, 11) is 0. The lowest BCUT2D eigenvalue weighted by molar-refractivity contribution is -0.128. The van der Waals surface area contributed by atoms with Crippen molar-refractivity contribution in [3.8, 4) is 5.75 Å². The zero-order valence-electron chi connectivity index (χ0n) is 13.0. The van der Waals surface area contributed by atoms with E-state index in [1.54, 1.807) is 13.0 Å². The lowest BCUT2D eigenvalue weighted by Crippen LogP contribution is -2.42. The Hall–Kier alpha value is -2.04. The first kappa shape index (κ1) is 17.0. The molecule has 0 aliphatic carbocycles. The highest BCUT2D eigenvalue weighted by molar-refractivity contribution is 5.88. The van der Waals surface area contributed by atoms with Crippen molar-refractivity contribution in [3.63, 3.8) is 0 Å². The highest BCUT2D eigenvalue weighted by Gasteiger charge is 2.18. The number of carbonyl (C=O) groups is 2. The molecule has 0 aromatic heterocycles. The SMILES string of the molecule is CCC(CC)NC(=O)C(C)Oc1cc(C(=O)O)ccc1C. The number of nitrogens with one attached hydrogen (secondary N) is 1. The number of rotatable bonds is 7. The van der Waals surface area contributed by atoms with Crippen molar-refractivity contribution in [2.75, 3.05) is 0 Å². The summed E-state index contributed by atoms with van der Waals surface area (Å²) < 4.78 is 5.61. The summed E-state index contributed by atoms with van der Waals surface area (Å²) >= 11 is 0. The van der Waals surface area contributed by atoms with Gasteiger partial charge in [-0.3, -0.25) is 4.79 Å². The van der Waals surface area contributed by atoms with Crippen LogP contribution in [-0.2, 0) is 4.79 Å². The molecule has 0 aliphatic heterocycles. The second-order valence-corrected chi connectivity index (χ2v) is 5.07. The van der Waals surface area contributed by atoms with Crippen molar-refractivity contribution in [3.05, 3.63) is 29.3 Å². The normalized spacial score (nSPS) is 12.0. The second-order valence-electron chi connectivity index (χ2n) is 5.07. The number of carboxylic acids is 1. The Balaban J connectivity index is 2.78. The smallest absolute Gasteiger partial charge is 0.335 e. The molecule has 0 saturated carbocycles. The maximum atomic E-state index is 12.1. The molecule has 5 heteroatoms. The molecule has 1 atom stereocenters. The monoisotopic (exact) mass is 293 g/mol. The van der Waals surface area contributed by atoms with Crippen molar-refractivity contribution in [2.24, 2.45) is 0 Å². The first-order valence-electron chi connectivity index (χ1n) is 7.20.